The number of carbonyl (C=O) groups excluding carboxylic acids is 2. The van der Waals surface area contributed by atoms with E-state index in [2.05, 4.69) is 15.6 Å². The fourth-order valence-corrected chi connectivity index (χ4v) is 2.73. The van der Waals surface area contributed by atoms with Crippen LogP contribution >= 0.6 is 11.6 Å². The molecule has 0 aliphatic heterocycles. The summed E-state index contributed by atoms with van der Waals surface area (Å²) in [6.07, 6.45) is 2.25. The number of nitrogens with zero attached hydrogens (tertiary/aromatic N) is 1. The number of anilines is 1. The first-order chi connectivity index (χ1) is 11.6. The Hall–Kier alpha value is -2.40. The number of amides is 2. The van der Waals surface area contributed by atoms with Crippen molar-refractivity contribution in [2.75, 3.05) is 5.32 Å². The fourth-order valence-electron chi connectivity index (χ4n) is 2.55. The third-order valence-corrected chi connectivity index (χ3v) is 4.57. The van der Waals surface area contributed by atoms with Crippen LogP contribution in [0.1, 0.15) is 17.7 Å². The maximum absolute atomic E-state index is 12.3. The van der Waals surface area contributed by atoms with E-state index in [1.54, 1.807) is 24.4 Å². The number of aromatic nitrogens is 1. The highest BCUT2D eigenvalue weighted by Crippen LogP contribution is 2.40. The molecular formula is C18H18ClN3O2. The van der Waals surface area contributed by atoms with E-state index < -0.39 is 0 Å². The minimum Gasteiger partial charge on any atom is -0.350 e. The molecule has 2 amide bonds. The highest BCUT2D eigenvalue weighted by atomic mass is 35.5. The van der Waals surface area contributed by atoms with Crippen molar-refractivity contribution < 1.29 is 9.59 Å². The van der Waals surface area contributed by atoms with E-state index in [1.165, 1.54) is 0 Å². The van der Waals surface area contributed by atoms with Crippen LogP contribution in [0.5, 0.6) is 0 Å². The molecule has 2 unspecified atom stereocenters. The van der Waals surface area contributed by atoms with Gasteiger partial charge in [0.25, 0.3) is 0 Å². The molecule has 6 heteroatoms. The van der Waals surface area contributed by atoms with Crippen molar-refractivity contribution in [3.63, 3.8) is 0 Å². The molecule has 1 aromatic carbocycles. The van der Waals surface area contributed by atoms with E-state index in [4.69, 9.17) is 11.6 Å². The molecule has 1 heterocycles. The van der Waals surface area contributed by atoms with Gasteiger partial charge in [0.05, 0.1) is 24.1 Å². The Kier molecular flexibility index (Phi) is 4.81. The molecule has 1 fully saturated rings. The SMILES string of the molecule is Cc1c(Cl)cccc1NC(=O)C1CC1C(=O)NCc1ccccn1. The lowest BCUT2D eigenvalue weighted by atomic mass is 10.2. The Balaban J connectivity index is 1.52. The van der Waals surface area contributed by atoms with Crippen molar-refractivity contribution in [2.24, 2.45) is 11.8 Å². The van der Waals surface area contributed by atoms with E-state index in [9.17, 15) is 9.59 Å². The number of rotatable bonds is 5. The standard InChI is InChI=1S/C18H18ClN3O2/c1-11-15(19)6-4-7-16(11)22-18(24)14-9-13(14)17(23)21-10-12-5-2-3-8-20-12/h2-8,13-14H,9-10H2,1H3,(H,21,23)(H,22,24). The summed E-state index contributed by atoms with van der Waals surface area (Å²) in [4.78, 5) is 28.6. The van der Waals surface area contributed by atoms with Gasteiger partial charge in [0.2, 0.25) is 11.8 Å². The van der Waals surface area contributed by atoms with E-state index in [0.717, 1.165) is 11.3 Å². The average molecular weight is 344 g/mol. The molecule has 124 valence electrons. The molecule has 2 N–H and O–H groups in total. The zero-order valence-corrected chi connectivity index (χ0v) is 14.0. The predicted molar refractivity (Wildman–Crippen MR) is 92.5 cm³/mol. The average Bonchev–Trinajstić information content (AvgIpc) is 3.39. The Morgan fingerprint density at radius 1 is 1.17 bits per heavy atom. The van der Waals surface area contributed by atoms with Crippen LogP contribution in [-0.4, -0.2) is 16.8 Å². The molecule has 0 saturated heterocycles. The van der Waals surface area contributed by atoms with Gasteiger partial charge < -0.3 is 10.6 Å². The van der Waals surface area contributed by atoms with Gasteiger partial charge in [-0.25, -0.2) is 0 Å². The first kappa shape index (κ1) is 16.5. The van der Waals surface area contributed by atoms with Gasteiger partial charge in [-0.3, -0.25) is 14.6 Å². The molecule has 3 rings (SSSR count). The van der Waals surface area contributed by atoms with Gasteiger partial charge in [-0.1, -0.05) is 23.7 Å². The Morgan fingerprint density at radius 3 is 2.71 bits per heavy atom. The summed E-state index contributed by atoms with van der Waals surface area (Å²) < 4.78 is 0. The second kappa shape index (κ2) is 7.01. The number of hydrogen-bond donors (Lipinski definition) is 2. The quantitative estimate of drug-likeness (QED) is 0.876. The Labute approximate surface area is 145 Å². The Bertz CT molecular complexity index is 764. The van der Waals surface area contributed by atoms with Crippen LogP contribution in [0.25, 0.3) is 0 Å². The van der Waals surface area contributed by atoms with Gasteiger partial charge in [-0.2, -0.15) is 0 Å². The third kappa shape index (κ3) is 3.74. The predicted octanol–water partition coefficient (Wildman–Crippen LogP) is 2.93. The lowest BCUT2D eigenvalue weighted by Gasteiger charge is -2.09. The smallest absolute Gasteiger partial charge is 0.228 e. The van der Waals surface area contributed by atoms with Crippen LogP contribution < -0.4 is 10.6 Å². The summed E-state index contributed by atoms with van der Waals surface area (Å²) in [5.41, 5.74) is 2.30. The van der Waals surface area contributed by atoms with Crippen molar-refractivity contribution in [2.45, 2.75) is 19.9 Å². The summed E-state index contributed by atoms with van der Waals surface area (Å²) >= 11 is 6.05. The first-order valence-corrected chi connectivity index (χ1v) is 8.17. The zero-order chi connectivity index (χ0) is 17.1. The molecule has 2 aromatic rings. The normalized spacial score (nSPS) is 18.8. The van der Waals surface area contributed by atoms with E-state index in [-0.39, 0.29) is 23.7 Å². The van der Waals surface area contributed by atoms with Gasteiger partial charge in [-0.05, 0) is 43.2 Å². The van der Waals surface area contributed by atoms with Crippen LogP contribution in [0.2, 0.25) is 5.02 Å². The van der Waals surface area contributed by atoms with Crippen molar-refractivity contribution >= 4 is 29.1 Å². The zero-order valence-electron chi connectivity index (χ0n) is 13.3. The van der Waals surface area contributed by atoms with Crippen LogP contribution in [-0.2, 0) is 16.1 Å². The van der Waals surface area contributed by atoms with Crippen LogP contribution in [0, 0.1) is 18.8 Å². The molecule has 5 nitrogen and oxygen atoms in total. The van der Waals surface area contributed by atoms with Gasteiger partial charge in [0.1, 0.15) is 0 Å². The summed E-state index contributed by atoms with van der Waals surface area (Å²) in [6.45, 7) is 2.22. The minimum atomic E-state index is -0.285. The number of benzene rings is 1. The Morgan fingerprint density at radius 2 is 1.96 bits per heavy atom. The molecule has 1 aromatic heterocycles. The van der Waals surface area contributed by atoms with Gasteiger partial charge in [0.15, 0.2) is 0 Å². The minimum absolute atomic E-state index is 0.108. The highest BCUT2D eigenvalue weighted by Gasteiger charge is 2.48. The largest absolute Gasteiger partial charge is 0.350 e. The number of nitrogens with one attached hydrogen (secondary N) is 2. The molecule has 1 aliphatic carbocycles. The number of pyridine rings is 1. The number of hydrogen-bond acceptors (Lipinski definition) is 3. The molecule has 0 bridgehead atoms. The van der Waals surface area contributed by atoms with Gasteiger partial charge in [0, 0.05) is 16.9 Å². The monoisotopic (exact) mass is 343 g/mol. The van der Waals surface area contributed by atoms with E-state index >= 15 is 0 Å². The van der Waals surface area contributed by atoms with Crippen LogP contribution in [0.4, 0.5) is 5.69 Å². The summed E-state index contributed by atoms with van der Waals surface area (Å²) in [7, 11) is 0. The lowest BCUT2D eigenvalue weighted by Crippen LogP contribution is -2.27. The third-order valence-electron chi connectivity index (χ3n) is 4.16. The summed E-state index contributed by atoms with van der Waals surface area (Å²) in [6, 6.07) is 10.9. The lowest BCUT2D eigenvalue weighted by molar-refractivity contribution is -0.125. The maximum Gasteiger partial charge on any atom is 0.228 e. The second-order valence-corrected chi connectivity index (χ2v) is 6.30. The van der Waals surface area contributed by atoms with Crippen molar-refractivity contribution in [3.8, 4) is 0 Å². The van der Waals surface area contributed by atoms with E-state index in [0.29, 0.717) is 23.7 Å². The molecular weight excluding hydrogens is 326 g/mol. The summed E-state index contributed by atoms with van der Waals surface area (Å²) in [5, 5.41) is 6.29. The second-order valence-electron chi connectivity index (χ2n) is 5.89. The van der Waals surface area contributed by atoms with Crippen molar-refractivity contribution in [1.82, 2.24) is 10.3 Å². The molecule has 24 heavy (non-hydrogen) atoms. The van der Waals surface area contributed by atoms with Crippen molar-refractivity contribution in [1.29, 1.82) is 0 Å². The first-order valence-electron chi connectivity index (χ1n) is 7.80. The highest BCUT2D eigenvalue weighted by molar-refractivity contribution is 6.31. The molecule has 0 spiro atoms. The topological polar surface area (TPSA) is 71.1 Å². The molecule has 1 saturated carbocycles. The number of halogens is 1. The fraction of sp³-hybridized carbons (Fsp3) is 0.278. The molecule has 2 atom stereocenters. The van der Waals surface area contributed by atoms with Crippen molar-refractivity contribution in [3.05, 3.63) is 58.9 Å². The number of carbonyl (C=O) groups is 2. The molecule has 1 aliphatic rings. The van der Waals surface area contributed by atoms with E-state index in [1.807, 2.05) is 25.1 Å². The maximum atomic E-state index is 12.3. The van der Waals surface area contributed by atoms with Crippen LogP contribution in [0.3, 0.4) is 0 Å². The van der Waals surface area contributed by atoms with Gasteiger partial charge in [-0.15, -0.1) is 0 Å². The summed E-state index contributed by atoms with van der Waals surface area (Å²) in [5.74, 6) is -0.803. The van der Waals surface area contributed by atoms with Crippen LogP contribution in [0.15, 0.2) is 42.6 Å². The van der Waals surface area contributed by atoms with Gasteiger partial charge >= 0.3 is 0 Å². The molecule has 0 radical (unpaired) electrons.